The minimum Gasteiger partial charge on any atom is -0.458 e. The van der Waals surface area contributed by atoms with Gasteiger partial charge in [-0.2, -0.15) is 0 Å². The number of Topliss-reactive ketones (excluding diaryl/α,β-unsaturated/α-hetero) is 1. The lowest BCUT2D eigenvalue weighted by Gasteiger charge is -1.91. The number of carbonyl (C=O) groups is 1. The Labute approximate surface area is 64.6 Å². The Kier molecular flexibility index (Phi) is 2.44. The second kappa shape index (κ2) is 3.34. The third kappa shape index (κ3) is 1.91. The first-order valence-corrected chi connectivity index (χ1v) is 3.44. The largest absolute Gasteiger partial charge is 0.458 e. The highest BCUT2D eigenvalue weighted by atomic mass is 16.3. The monoisotopic (exact) mass is 154 g/mol. The van der Waals surface area contributed by atoms with Crippen LogP contribution in [0.15, 0.2) is 16.5 Å². The van der Waals surface area contributed by atoms with Crippen LogP contribution in [0.1, 0.15) is 22.7 Å². The molecule has 3 nitrogen and oxygen atoms in total. The van der Waals surface area contributed by atoms with Crippen molar-refractivity contribution in [2.24, 2.45) is 0 Å². The van der Waals surface area contributed by atoms with Crippen LogP contribution in [-0.2, 0) is 0 Å². The quantitative estimate of drug-likeness (QED) is 0.664. The van der Waals surface area contributed by atoms with Crippen molar-refractivity contribution in [2.45, 2.75) is 13.3 Å². The summed E-state index contributed by atoms with van der Waals surface area (Å²) in [5, 5.41) is 8.44. The number of furan rings is 1. The molecule has 3 heteroatoms. The van der Waals surface area contributed by atoms with E-state index in [2.05, 4.69) is 0 Å². The van der Waals surface area contributed by atoms with Gasteiger partial charge < -0.3 is 9.52 Å². The van der Waals surface area contributed by atoms with Gasteiger partial charge in [0.15, 0.2) is 11.5 Å². The molecule has 1 rings (SSSR count). The van der Waals surface area contributed by atoms with Crippen molar-refractivity contribution in [3.05, 3.63) is 23.7 Å². The van der Waals surface area contributed by atoms with Gasteiger partial charge in [-0.3, -0.25) is 4.79 Å². The number of aliphatic hydroxyl groups is 1. The summed E-state index contributed by atoms with van der Waals surface area (Å²) in [5.41, 5.74) is 0. The molecule has 0 saturated carbocycles. The van der Waals surface area contributed by atoms with E-state index in [9.17, 15) is 4.79 Å². The third-order valence-electron chi connectivity index (χ3n) is 1.35. The van der Waals surface area contributed by atoms with Crippen molar-refractivity contribution < 1.29 is 14.3 Å². The summed E-state index contributed by atoms with van der Waals surface area (Å²) < 4.78 is 5.04. The molecule has 0 amide bonds. The highest BCUT2D eigenvalue weighted by Crippen LogP contribution is 2.08. The maximum absolute atomic E-state index is 11.0. The molecule has 60 valence electrons. The lowest BCUT2D eigenvalue weighted by Crippen LogP contribution is -1.99. The molecule has 0 unspecified atom stereocenters. The van der Waals surface area contributed by atoms with Gasteiger partial charge in [0, 0.05) is 6.42 Å². The summed E-state index contributed by atoms with van der Waals surface area (Å²) in [4.78, 5) is 11.0. The zero-order valence-electron chi connectivity index (χ0n) is 6.33. The predicted octanol–water partition coefficient (Wildman–Crippen LogP) is 1.15. The third-order valence-corrected chi connectivity index (χ3v) is 1.35. The van der Waals surface area contributed by atoms with Gasteiger partial charge in [0.1, 0.15) is 5.76 Å². The molecule has 1 aromatic heterocycles. The Morgan fingerprint density at radius 3 is 2.82 bits per heavy atom. The van der Waals surface area contributed by atoms with E-state index < -0.39 is 0 Å². The van der Waals surface area contributed by atoms with E-state index in [0.717, 1.165) is 0 Å². The lowest BCUT2D eigenvalue weighted by molar-refractivity contribution is 0.0928. The van der Waals surface area contributed by atoms with Crippen LogP contribution in [-0.4, -0.2) is 17.5 Å². The molecule has 0 bridgehead atoms. The van der Waals surface area contributed by atoms with Crippen LogP contribution in [0.4, 0.5) is 0 Å². The van der Waals surface area contributed by atoms with Gasteiger partial charge in [-0.15, -0.1) is 0 Å². The van der Waals surface area contributed by atoms with E-state index in [-0.39, 0.29) is 18.8 Å². The summed E-state index contributed by atoms with van der Waals surface area (Å²) >= 11 is 0. The van der Waals surface area contributed by atoms with E-state index in [0.29, 0.717) is 11.5 Å². The first kappa shape index (κ1) is 8.01. The molecule has 11 heavy (non-hydrogen) atoms. The van der Waals surface area contributed by atoms with E-state index in [1.807, 2.05) is 0 Å². The number of rotatable bonds is 3. The van der Waals surface area contributed by atoms with Crippen molar-refractivity contribution in [1.29, 1.82) is 0 Å². The Morgan fingerprint density at radius 2 is 2.36 bits per heavy atom. The topological polar surface area (TPSA) is 50.4 Å². The van der Waals surface area contributed by atoms with Gasteiger partial charge in [-0.05, 0) is 19.1 Å². The number of ketones is 1. The minimum atomic E-state index is -0.152. The van der Waals surface area contributed by atoms with Crippen molar-refractivity contribution in [1.82, 2.24) is 0 Å². The molecule has 0 spiro atoms. The van der Waals surface area contributed by atoms with E-state index in [1.54, 1.807) is 19.1 Å². The number of hydrogen-bond donors (Lipinski definition) is 1. The second-order valence-electron chi connectivity index (χ2n) is 2.31. The average Bonchev–Trinajstić information content (AvgIpc) is 2.36. The van der Waals surface area contributed by atoms with Crippen molar-refractivity contribution in [2.75, 3.05) is 6.61 Å². The normalized spacial score (nSPS) is 10.0. The molecule has 0 aliphatic carbocycles. The Balaban J connectivity index is 2.69. The smallest absolute Gasteiger partial charge is 0.200 e. The maximum Gasteiger partial charge on any atom is 0.200 e. The minimum absolute atomic E-state index is 0.126. The molecule has 1 aromatic rings. The molecule has 1 N–H and O–H groups in total. The summed E-state index contributed by atoms with van der Waals surface area (Å²) in [5.74, 6) is 0.892. The molecular weight excluding hydrogens is 144 g/mol. The molecule has 0 radical (unpaired) electrons. The van der Waals surface area contributed by atoms with E-state index >= 15 is 0 Å². The van der Waals surface area contributed by atoms with Crippen LogP contribution in [0, 0.1) is 6.92 Å². The van der Waals surface area contributed by atoms with Crippen LogP contribution in [0.25, 0.3) is 0 Å². The fourth-order valence-electron chi connectivity index (χ4n) is 0.809. The SMILES string of the molecule is Cc1ccc(C(=O)CCO)o1. The standard InChI is InChI=1S/C8H10O3/c1-6-2-3-8(11-6)7(10)4-5-9/h2-3,9H,4-5H2,1H3. The molecule has 0 aliphatic rings. The van der Waals surface area contributed by atoms with Crippen LogP contribution >= 0.6 is 0 Å². The Hall–Kier alpha value is -1.09. The van der Waals surface area contributed by atoms with Crippen LogP contribution in [0.5, 0.6) is 0 Å². The van der Waals surface area contributed by atoms with E-state index in [4.69, 9.17) is 9.52 Å². The van der Waals surface area contributed by atoms with Crippen LogP contribution < -0.4 is 0 Å². The highest BCUT2D eigenvalue weighted by Gasteiger charge is 2.07. The molecule has 0 aromatic carbocycles. The summed E-state index contributed by atoms with van der Waals surface area (Å²) in [6.45, 7) is 1.65. The zero-order valence-corrected chi connectivity index (χ0v) is 6.33. The van der Waals surface area contributed by atoms with Gasteiger partial charge in [0.25, 0.3) is 0 Å². The van der Waals surface area contributed by atoms with Gasteiger partial charge >= 0.3 is 0 Å². The summed E-state index contributed by atoms with van der Waals surface area (Å²) in [7, 11) is 0. The zero-order chi connectivity index (χ0) is 8.27. The predicted molar refractivity (Wildman–Crippen MR) is 39.5 cm³/mol. The van der Waals surface area contributed by atoms with Gasteiger partial charge in [-0.1, -0.05) is 0 Å². The first-order chi connectivity index (χ1) is 5.24. The summed E-state index contributed by atoms with van der Waals surface area (Å²) in [6.07, 6.45) is 0.132. The summed E-state index contributed by atoms with van der Waals surface area (Å²) in [6, 6.07) is 3.35. The molecule has 0 aliphatic heterocycles. The fourth-order valence-corrected chi connectivity index (χ4v) is 0.809. The average molecular weight is 154 g/mol. The van der Waals surface area contributed by atoms with Gasteiger partial charge in [0.05, 0.1) is 6.61 Å². The second-order valence-corrected chi connectivity index (χ2v) is 2.31. The highest BCUT2D eigenvalue weighted by molar-refractivity contribution is 5.93. The number of aliphatic hydroxyl groups excluding tert-OH is 1. The molecule has 0 fully saturated rings. The molecule has 0 atom stereocenters. The van der Waals surface area contributed by atoms with Crippen LogP contribution in [0.2, 0.25) is 0 Å². The van der Waals surface area contributed by atoms with Crippen LogP contribution in [0.3, 0.4) is 0 Å². The molecule has 0 saturated heterocycles. The number of aryl methyl sites for hydroxylation is 1. The van der Waals surface area contributed by atoms with Gasteiger partial charge in [-0.25, -0.2) is 0 Å². The van der Waals surface area contributed by atoms with Crippen molar-refractivity contribution in [3.8, 4) is 0 Å². The lowest BCUT2D eigenvalue weighted by atomic mass is 10.2. The Bertz CT molecular complexity index is 250. The van der Waals surface area contributed by atoms with Crippen molar-refractivity contribution >= 4 is 5.78 Å². The van der Waals surface area contributed by atoms with Gasteiger partial charge in [0.2, 0.25) is 0 Å². The maximum atomic E-state index is 11.0. The first-order valence-electron chi connectivity index (χ1n) is 3.44. The molecule has 1 heterocycles. The van der Waals surface area contributed by atoms with E-state index in [1.165, 1.54) is 0 Å². The number of carbonyl (C=O) groups excluding carboxylic acids is 1. The molecular formula is C8H10O3. The Morgan fingerprint density at radius 1 is 1.64 bits per heavy atom. The van der Waals surface area contributed by atoms with Crippen molar-refractivity contribution in [3.63, 3.8) is 0 Å². The number of hydrogen-bond acceptors (Lipinski definition) is 3. The fraction of sp³-hybridized carbons (Fsp3) is 0.375.